The average Bonchev–Trinajstić information content (AvgIpc) is 2.16. The van der Waals surface area contributed by atoms with E-state index in [9.17, 15) is 0 Å². The number of pyridine rings is 1. The summed E-state index contributed by atoms with van der Waals surface area (Å²) in [6.45, 7) is 4.25. The first-order valence-corrected chi connectivity index (χ1v) is 5.42. The van der Waals surface area contributed by atoms with E-state index < -0.39 is 0 Å². The minimum absolute atomic E-state index is 0.251. The lowest BCUT2D eigenvalue weighted by molar-refractivity contribution is 0.304. The van der Waals surface area contributed by atoms with E-state index in [4.69, 9.17) is 4.74 Å². The molecule has 1 aliphatic rings. The lowest BCUT2D eigenvalue weighted by Crippen LogP contribution is -2.41. The van der Waals surface area contributed by atoms with Crippen LogP contribution in [0.2, 0.25) is 0 Å². The van der Waals surface area contributed by atoms with Gasteiger partial charge in [0, 0.05) is 11.2 Å². The molecule has 1 heterocycles. The number of nitrogens with one attached hydrogen (secondary N) is 1. The maximum atomic E-state index is 5.29. The van der Waals surface area contributed by atoms with Crippen LogP contribution in [0.5, 0.6) is 5.75 Å². The predicted molar refractivity (Wildman–Crippen MR) is 61.4 cm³/mol. The highest BCUT2D eigenvalue weighted by Gasteiger charge is 2.32. The molecule has 0 unspecified atom stereocenters. The number of ether oxygens (including phenoxy) is 1. The molecule has 0 aliphatic heterocycles. The van der Waals surface area contributed by atoms with Crippen LogP contribution >= 0.6 is 0 Å². The van der Waals surface area contributed by atoms with Crippen molar-refractivity contribution in [2.75, 3.05) is 12.4 Å². The number of hydrogen-bond donors (Lipinski definition) is 1. The third-order valence-electron chi connectivity index (χ3n) is 3.12. The van der Waals surface area contributed by atoms with Crippen LogP contribution in [-0.2, 0) is 0 Å². The van der Waals surface area contributed by atoms with E-state index in [2.05, 4.69) is 17.2 Å². The Morgan fingerprint density at radius 2 is 2.20 bits per heavy atom. The number of anilines is 1. The molecule has 3 nitrogen and oxygen atoms in total. The van der Waals surface area contributed by atoms with Gasteiger partial charge in [-0.25, -0.2) is 0 Å². The molecule has 1 N–H and O–H groups in total. The Balaban J connectivity index is 2.21. The summed E-state index contributed by atoms with van der Waals surface area (Å²) < 4.78 is 5.29. The number of rotatable bonds is 3. The second kappa shape index (κ2) is 3.72. The Morgan fingerprint density at radius 1 is 1.47 bits per heavy atom. The first kappa shape index (κ1) is 10.3. The number of methoxy groups -OCH3 is 1. The molecule has 1 aromatic rings. The van der Waals surface area contributed by atoms with Crippen molar-refractivity contribution in [1.29, 1.82) is 0 Å². The molecule has 0 aromatic carbocycles. The first-order valence-electron chi connectivity index (χ1n) is 5.42. The second-order valence-corrected chi connectivity index (χ2v) is 4.57. The van der Waals surface area contributed by atoms with E-state index in [1.165, 1.54) is 19.3 Å². The highest BCUT2D eigenvalue weighted by atomic mass is 16.5. The summed E-state index contributed by atoms with van der Waals surface area (Å²) in [6, 6.07) is 2.04. The molecule has 0 atom stereocenters. The zero-order valence-corrected chi connectivity index (χ0v) is 9.63. The maximum Gasteiger partial charge on any atom is 0.160 e. The fourth-order valence-corrected chi connectivity index (χ4v) is 1.96. The van der Waals surface area contributed by atoms with E-state index >= 15 is 0 Å². The Hall–Kier alpha value is -1.25. The molecule has 0 spiro atoms. The normalized spacial score (nSPS) is 18.1. The molecule has 1 saturated carbocycles. The Morgan fingerprint density at radius 3 is 2.73 bits per heavy atom. The van der Waals surface area contributed by atoms with Crippen LogP contribution in [0.25, 0.3) is 0 Å². The minimum Gasteiger partial charge on any atom is -0.493 e. The summed E-state index contributed by atoms with van der Waals surface area (Å²) in [5, 5.41) is 3.55. The van der Waals surface area contributed by atoms with Gasteiger partial charge in [0.2, 0.25) is 0 Å². The van der Waals surface area contributed by atoms with Crippen LogP contribution < -0.4 is 10.1 Å². The fraction of sp³-hybridized carbons (Fsp3) is 0.583. The third kappa shape index (κ3) is 2.06. The highest BCUT2D eigenvalue weighted by Crippen LogP contribution is 2.37. The van der Waals surface area contributed by atoms with Crippen molar-refractivity contribution >= 4 is 5.69 Å². The van der Waals surface area contributed by atoms with Gasteiger partial charge < -0.3 is 10.1 Å². The van der Waals surface area contributed by atoms with Gasteiger partial charge in [0.15, 0.2) is 5.75 Å². The molecule has 1 fully saturated rings. The van der Waals surface area contributed by atoms with Crippen molar-refractivity contribution in [1.82, 2.24) is 4.98 Å². The Labute approximate surface area is 90.9 Å². The lowest BCUT2D eigenvalue weighted by atomic mass is 9.78. The van der Waals surface area contributed by atoms with Gasteiger partial charge in [-0.15, -0.1) is 0 Å². The van der Waals surface area contributed by atoms with Gasteiger partial charge >= 0.3 is 0 Å². The van der Waals surface area contributed by atoms with Crippen LogP contribution in [-0.4, -0.2) is 17.6 Å². The zero-order valence-electron chi connectivity index (χ0n) is 9.63. The molecular formula is C12H18N2O. The summed E-state index contributed by atoms with van der Waals surface area (Å²) in [5.74, 6) is 0.828. The molecule has 82 valence electrons. The van der Waals surface area contributed by atoms with E-state index in [-0.39, 0.29) is 5.54 Å². The molecule has 15 heavy (non-hydrogen) atoms. The summed E-state index contributed by atoms with van der Waals surface area (Å²) in [5.41, 5.74) is 2.33. The van der Waals surface area contributed by atoms with Crippen molar-refractivity contribution < 1.29 is 4.74 Å². The molecule has 0 amide bonds. The second-order valence-electron chi connectivity index (χ2n) is 4.57. The standard InChI is InChI=1S/C12H18N2O/c1-9-7-10(11(15-3)8-13-9)14-12(2)5-4-6-12/h7-8H,4-6H2,1-3H3,(H,13,14). The average molecular weight is 206 g/mol. The minimum atomic E-state index is 0.251. The fourth-order valence-electron chi connectivity index (χ4n) is 1.96. The number of hydrogen-bond acceptors (Lipinski definition) is 3. The zero-order chi connectivity index (χ0) is 10.9. The molecule has 0 bridgehead atoms. The van der Waals surface area contributed by atoms with E-state index in [0.29, 0.717) is 0 Å². The summed E-state index contributed by atoms with van der Waals surface area (Å²) in [6.07, 6.45) is 5.56. The van der Waals surface area contributed by atoms with Gasteiger partial charge in [-0.3, -0.25) is 4.98 Å². The van der Waals surface area contributed by atoms with Gasteiger partial charge in [0.05, 0.1) is 19.0 Å². The molecule has 0 radical (unpaired) electrons. The van der Waals surface area contributed by atoms with Crippen LogP contribution in [0.1, 0.15) is 31.9 Å². The van der Waals surface area contributed by atoms with E-state index in [0.717, 1.165) is 17.1 Å². The van der Waals surface area contributed by atoms with Crippen molar-refractivity contribution in [3.63, 3.8) is 0 Å². The monoisotopic (exact) mass is 206 g/mol. The van der Waals surface area contributed by atoms with Crippen LogP contribution in [0.15, 0.2) is 12.3 Å². The van der Waals surface area contributed by atoms with Crippen molar-refractivity contribution in [2.24, 2.45) is 0 Å². The summed E-state index contributed by atoms with van der Waals surface area (Å²) in [4.78, 5) is 4.22. The van der Waals surface area contributed by atoms with Gasteiger partial charge in [-0.1, -0.05) is 0 Å². The SMILES string of the molecule is COc1cnc(C)cc1NC1(C)CCC1. The molecule has 1 aliphatic carbocycles. The topological polar surface area (TPSA) is 34.1 Å². The number of nitrogens with zero attached hydrogens (tertiary/aromatic N) is 1. The van der Waals surface area contributed by atoms with Gasteiger partial charge in [-0.2, -0.15) is 0 Å². The van der Waals surface area contributed by atoms with Gasteiger partial charge in [0.25, 0.3) is 0 Å². The number of aryl methyl sites for hydroxylation is 1. The van der Waals surface area contributed by atoms with Crippen LogP contribution in [0.3, 0.4) is 0 Å². The maximum absolute atomic E-state index is 5.29. The Kier molecular flexibility index (Phi) is 2.55. The largest absolute Gasteiger partial charge is 0.493 e. The van der Waals surface area contributed by atoms with Gasteiger partial charge in [0.1, 0.15) is 0 Å². The van der Waals surface area contributed by atoms with Crippen LogP contribution in [0, 0.1) is 6.92 Å². The lowest BCUT2D eigenvalue weighted by Gasteiger charge is -2.40. The molecular weight excluding hydrogens is 188 g/mol. The third-order valence-corrected chi connectivity index (χ3v) is 3.12. The van der Waals surface area contributed by atoms with E-state index in [1.807, 2.05) is 13.0 Å². The van der Waals surface area contributed by atoms with Crippen LogP contribution in [0.4, 0.5) is 5.69 Å². The summed E-state index contributed by atoms with van der Waals surface area (Å²) in [7, 11) is 1.68. The predicted octanol–water partition coefficient (Wildman–Crippen LogP) is 2.75. The molecule has 1 aromatic heterocycles. The Bertz CT molecular complexity index is 359. The smallest absolute Gasteiger partial charge is 0.160 e. The summed E-state index contributed by atoms with van der Waals surface area (Å²) >= 11 is 0. The van der Waals surface area contributed by atoms with E-state index in [1.54, 1.807) is 13.3 Å². The number of aromatic nitrogens is 1. The molecule has 2 rings (SSSR count). The van der Waals surface area contributed by atoms with Crippen molar-refractivity contribution in [2.45, 2.75) is 38.6 Å². The quantitative estimate of drug-likeness (QED) is 0.825. The highest BCUT2D eigenvalue weighted by molar-refractivity contribution is 5.57. The van der Waals surface area contributed by atoms with Crippen molar-refractivity contribution in [3.05, 3.63) is 18.0 Å². The molecule has 3 heteroatoms. The first-order chi connectivity index (χ1) is 7.13. The molecule has 0 saturated heterocycles. The van der Waals surface area contributed by atoms with Crippen molar-refractivity contribution in [3.8, 4) is 5.75 Å². The van der Waals surface area contributed by atoms with Gasteiger partial charge in [-0.05, 0) is 39.2 Å².